The fourth-order valence-corrected chi connectivity index (χ4v) is 2.10. The zero-order valence-corrected chi connectivity index (χ0v) is 7.88. The van der Waals surface area contributed by atoms with Crippen LogP contribution in [0.2, 0.25) is 0 Å². The van der Waals surface area contributed by atoms with E-state index in [1.807, 2.05) is 17.5 Å². The van der Waals surface area contributed by atoms with E-state index in [9.17, 15) is 4.79 Å². The van der Waals surface area contributed by atoms with Crippen LogP contribution in [0.4, 0.5) is 0 Å². The molecule has 2 rings (SSSR count). The van der Waals surface area contributed by atoms with Gasteiger partial charge in [-0.3, -0.25) is 4.79 Å². The maximum absolute atomic E-state index is 11.6. The summed E-state index contributed by atoms with van der Waals surface area (Å²) in [5.74, 6) is -0.218. The third-order valence-electron chi connectivity index (χ3n) is 2.22. The average Bonchev–Trinajstić information content (AvgIpc) is 2.86. The Hall–Kier alpha value is -1.14. The molecule has 1 unspecified atom stereocenters. The first-order valence-electron chi connectivity index (χ1n) is 4.29. The van der Waals surface area contributed by atoms with Crippen molar-refractivity contribution < 1.29 is 4.79 Å². The van der Waals surface area contributed by atoms with Gasteiger partial charge >= 0.3 is 0 Å². The molecule has 1 heterocycles. The zero-order chi connectivity index (χ0) is 9.26. The average molecular weight is 191 g/mol. The van der Waals surface area contributed by atoms with E-state index >= 15 is 0 Å². The smallest absolute Gasteiger partial charge is 0.158 e. The van der Waals surface area contributed by atoms with Crippen molar-refractivity contribution in [2.24, 2.45) is 5.92 Å². The van der Waals surface area contributed by atoms with Crippen LogP contribution in [0.15, 0.2) is 17.5 Å². The summed E-state index contributed by atoms with van der Waals surface area (Å²) < 4.78 is 0. The van der Waals surface area contributed by atoms with Gasteiger partial charge in [0.05, 0.1) is 6.07 Å². The molecule has 3 heteroatoms. The monoisotopic (exact) mass is 191 g/mol. The molecule has 1 aromatic heterocycles. The maximum Gasteiger partial charge on any atom is 0.158 e. The van der Waals surface area contributed by atoms with Crippen LogP contribution < -0.4 is 0 Å². The van der Waals surface area contributed by atoms with Crippen LogP contribution in [0.25, 0.3) is 0 Å². The number of hydrogen-bond donors (Lipinski definition) is 0. The van der Waals surface area contributed by atoms with Crippen molar-refractivity contribution in [2.75, 3.05) is 0 Å². The molecule has 1 aromatic rings. The second kappa shape index (κ2) is 3.31. The van der Waals surface area contributed by atoms with Crippen molar-refractivity contribution in [2.45, 2.75) is 18.8 Å². The second-order valence-corrected chi connectivity index (χ2v) is 4.23. The standard InChI is InChI=1S/C10H9NOS/c11-6-8(9-2-1-5-13-9)10(12)7-3-4-7/h1-2,5,7-8H,3-4H2. The Bertz CT molecular complexity index is 346. The highest BCUT2D eigenvalue weighted by Gasteiger charge is 2.35. The summed E-state index contributed by atoms with van der Waals surface area (Å²) in [7, 11) is 0. The predicted molar refractivity (Wildman–Crippen MR) is 50.4 cm³/mol. The van der Waals surface area contributed by atoms with Crippen LogP contribution in [0.3, 0.4) is 0 Å². The molecule has 0 N–H and O–H groups in total. The summed E-state index contributed by atoms with van der Waals surface area (Å²) in [6.45, 7) is 0. The summed E-state index contributed by atoms with van der Waals surface area (Å²) >= 11 is 1.49. The largest absolute Gasteiger partial charge is 0.297 e. The maximum atomic E-state index is 11.6. The highest BCUT2D eigenvalue weighted by Crippen LogP contribution is 2.36. The van der Waals surface area contributed by atoms with Gasteiger partial charge in [0.2, 0.25) is 0 Å². The van der Waals surface area contributed by atoms with Crippen molar-refractivity contribution in [3.05, 3.63) is 22.4 Å². The minimum absolute atomic E-state index is 0.116. The van der Waals surface area contributed by atoms with E-state index in [1.54, 1.807) is 0 Å². The van der Waals surface area contributed by atoms with Gasteiger partial charge in [-0.05, 0) is 24.3 Å². The molecule has 0 aliphatic heterocycles. The molecule has 1 aliphatic carbocycles. The molecule has 1 fully saturated rings. The second-order valence-electron chi connectivity index (χ2n) is 3.25. The zero-order valence-electron chi connectivity index (χ0n) is 7.06. The number of ketones is 1. The van der Waals surface area contributed by atoms with Gasteiger partial charge in [0.15, 0.2) is 5.78 Å². The summed E-state index contributed by atoms with van der Waals surface area (Å²) in [4.78, 5) is 12.5. The molecule has 0 aromatic carbocycles. The van der Waals surface area contributed by atoms with Crippen LogP contribution in [0.5, 0.6) is 0 Å². The minimum atomic E-state index is -0.507. The Morgan fingerprint density at radius 2 is 2.46 bits per heavy atom. The molecule has 0 spiro atoms. The molecule has 1 atom stereocenters. The number of nitriles is 1. The lowest BCUT2D eigenvalue weighted by atomic mass is 10.0. The van der Waals surface area contributed by atoms with E-state index in [4.69, 9.17) is 5.26 Å². The van der Waals surface area contributed by atoms with Crippen molar-refractivity contribution in [3.63, 3.8) is 0 Å². The lowest BCUT2D eigenvalue weighted by Crippen LogP contribution is -2.11. The molecule has 0 saturated heterocycles. The van der Waals surface area contributed by atoms with Gasteiger partial charge in [-0.25, -0.2) is 0 Å². The van der Waals surface area contributed by atoms with E-state index in [2.05, 4.69) is 6.07 Å². The van der Waals surface area contributed by atoms with Gasteiger partial charge in [-0.1, -0.05) is 6.07 Å². The fraction of sp³-hybridized carbons (Fsp3) is 0.400. The van der Waals surface area contributed by atoms with Crippen molar-refractivity contribution >= 4 is 17.1 Å². The van der Waals surface area contributed by atoms with Gasteiger partial charge in [0, 0.05) is 10.8 Å². The van der Waals surface area contributed by atoms with Crippen LogP contribution in [-0.4, -0.2) is 5.78 Å². The van der Waals surface area contributed by atoms with E-state index in [0.29, 0.717) is 0 Å². The fourth-order valence-electron chi connectivity index (χ4n) is 1.33. The van der Waals surface area contributed by atoms with Gasteiger partial charge in [-0.15, -0.1) is 11.3 Å². The van der Waals surface area contributed by atoms with Crippen molar-refractivity contribution in [3.8, 4) is 6.07 Å². The van der Waals surface area contributed by atoms with E-state index in [-0.39, 0.29) is 11.7 Å². The molecule has 1 aliphatic rings. The molecule has 1 saturated carbocycles. The summed E-state index contributed by atoms with van der Waals surface area (Å²) in [5.41, 5.74) is 0. The highest BCUT2D eigenvalue weighted by molar-refractivity contribution is 7.10. The predicted octanol–water partition coefficient (Wildman–Crippen LogP) is 2.33. The van der Waals surface area contributed by atoms with E-state index < -0.39 is 5.92 Å². The molecular formula is C10H9NOS. The van der Waals surface area contributed by atoms with Crippen LogP contribution >= 0.6 is 11.3 Å². The number of Topliss-reactive ketones (excluding diaryl/α,β-unsaturated/α-hetero) is 1. The number of thiophene rings is 1. The molecule has 0 bridgehead atoms. The summed E-state index contributed by atoms with van der Waals surface area (Å²) in [6.07, 6.45) is 1.95. The van der Waals surface area contributed by atoms with E-state index in [0.717, 1.165) is 17.7 Å². The molecule has 2 nitrogen and oxygen atoms in total. The Labute approximate surface area is 80.8 Å². The Morgan fingerprint density at radius 3 is 2.92 bits per heavy atom. The van der Waals surface area contributed by atoms with Crippen molar-refractivity contribution in [1.82, 2.24) is 0 Å². The highest BCUT2D eigenvalue weighted by atomic mass is 32.1. The minimum Gasteiger partial charge on any atom is -0.297 e. The van der Waals surface area contributed by atoms with Gasteiger partial charge in [-0.2, -0.15) is 5.26 Å². The molecule has 13 heavy (non-hydrogen) atoms. The number of carbonyl (C=O) groups excluding carboxylic acids is 1. The number of carbonyl (C=O) groups is 1. The number of hydrogen-bond acceptors (Lipinski definition) is 3. The Morgan fingerprint density at radius 1 is 1.69 bits per heavy atom. The molecule has 0 amide bonds. The summed E-state index contributed by atoms with van der Waals surface area (Å²) in [6, 6.07) is 5.83. The lowest BCUT2D eigenvalue weighted by Gasteiger charge is -2.03. The van der Waals surface area contributed by atoms with Gasteiger partial charge in [0.1, 0.15) is 5.92 Å². The quantitative estimate of drug-likeness (QED) is 0.735. The van der Waals surface area contributed by atoms with Gasteiger partial charge < -0.3 is 0 Å². The molecule has 0 radical (unpaired) electrons. The first-order valence-corrected chi connectivity index (χ1v) is 5.17. The third-order valence-corrected chi connectivity index (χ3v) is 3.16. The van der Waals surface area contributed by atoms with Crippen LogP contribution in [-0.2, 0) is 4.79 Å². The third kappa shape index (κ3) is 1.63. The topological polar surface area (TPSA) is 40.9 Å². The summed E-state index contributed by atoms with van der Waals surface area (Å²) in [5, 5.41) is 10.8. The molecule has 66 valence electrons. The van der Waals surface area contributed by atoms with Crippen LogP contribution in [0, 0.1) is 17.2 Å². The van der Waals surface area contributed by atoms with Gasteiger partial charge in [0.25, 0.3) is 0 Å². The Balaban J connectivity index is 2.18. The number of rotatable bonds is 3. The number of nitrogens with zero attached hydrogens (tertiary/aromatic N) is 1. The first kappa shape index (κ1) is 8.46. The lowest BCUT2D eigenvalue weighted by molar-refractivity contribution is -0.120. The van der Waals surface area contributed by atoms with E-state index in [1.165, 1.54) is 11.3 Å². The SMILES string of the molecule is N#CC(C(=O)C1CC1)c1cccs1. The van der Waals surface area contributed by atoms with Crippen LogP contribution in [0.1, 0.15) is 23.6 Å². The normalized spacial score (nSPS) is 17.8. The Kier molecular flexibility index (Phi) is 2.15. The first-order chi connectivity index (χ1) is 6.33. The van der Waals surface area contributed by atoms with Crippen molar-refractivity contribution in [1.29, 1.82) is 5.26 Å². The molecular weight excluding hydrogens is 182 g/mol.